The van der Waals surface area contributed by atoms with E-state index in [-0.39, 0.29) is 12.0 Å². The Balaban J connectivity index is 2.52. The van der Waals surface area contributed by atoms with Crippen molar-refractivity contribution in [3.05, 3.63) is 29.8 Å². The zero-order valence-corrected chi connectivity index (χ0v) is 11.1. The SMILES string of the molecule is CCC(O)CCNC(=O)c1ccccc1SC. The minimum absolute atomic E-state index is 0.0711. The Labute approximate surface area is 107 Å². The number of carbonyl (C=O) groups is 1. The number of amides is 1. The Bertz CT molecular complexity index is 368. The second kappa shape index (κ2) is 7.35. The van der Waals surface area contributed by atoms with Crippen LogP contribution in [0, 0.1) is 0 Å². The van der Waals surface area contributed by atoms with Crippen LogP contribution < -0.4 is 5.32 Å². The molecule has 0 saturated carbocycles. The largest absolute Gasteiger partial charge is 0.393 e. The molecule has 1 unspecified atom stereocenters. The van der Waals surface area contributed by atoms with Gasteiger partial charge < -0.3 is 10.4 Å². The summed E-state index contributed by atoms with van der Waals surface area (Å²) in [4.78, 5) is 12.9. The third-order valence-corrected chi connectivity index (χ3v) is 3.38. The van der Waals surface area contributed by atoms with Gasteiger partial charge >= 0.3 is 0 Å². The normalized spacial score (nSPS) is 12.2. The van der Waals surface area contributed by atoms with Gasteiger partial charge in [0.25, 0.3) is 5.91 Å². The van der Waals surface area contributed by atoms with Crippen molar-refractivity contribution < 1.29 is 9.90 Å². The van der Waals surface area contributed by atoms with Crippen molar-refractivity contribution in [2.24, 2.45) is 0 Å². The van der Waals surface area contributed by atoms with Crippen molar-refractivity contribution in [3.63, 3.8) is 0 Å². The number of nitrogens with one attached hydrogen (secondary N) is 1. The van der Waals surface area contributed by atoms with Crippen LogP contribution in [-0.2, 0) is 0 Å². The minimum atomic E-state index is -0.328. The van der Waals surface area contributed by atoms with Gasteiger partial charge in [-0.05, 0) is 31.2 Å². The number of hydrogen-bond acceptors (Lipinski definition) is 3. The number of aliphatic hydroxyl groups is 1. The van der Waals surface area contributed by atoms with Crippen molar-refractivity contribution in [2.45, 2.75) is 30.8 Å². The first-order valence-electron chi connectivity index (χ1n) is 5.78. The van der Waals surface area contributed by atoms with Crippen molar-refractivity contribution in [1.29, 1.82) is 0 Å². The highest BCUT2D eigenvalue weighted by Crippen LogP contribution is 2.19. The van der Waals surface area contributed by atoms with Crippen molar-refractivity contribution >= 4 is 17.7 Å². The van der Waals surface area contributed by atoms with Crippen LogP contribution in [-0.4, -0.2) is 29.9 Å². The van der Waals surface area contributed by atoms with Gasteiger partial charge in [-0.15, -0.1) is 11.8 Å². The van der Waals surface area contributed by atoms with E-state index in [0.717, 1.165) is 11.3 Å². The molecule has 0 aliphatic rings. The van der Waals surface area contributed by atoms with Crippen LogP contribution in [0.1, 0.15) is 30.1 Å². The lowest BCUT2D eigenvalue weighted by Gasteiger charge is -2.10. The molecular formula is C13H19NO2S. The summed E-state index contributed by atoms with van der Waals surface area (Å²) in [6.45, 7) is 2.44. The maximum Gasteiger partial charge on any atom is 0.252 e. The van der Waals surface area contributed by atoms with Crippen LogP contribution in [0.15, 0.2) is 29.2 Å². The molecule has 0 aliphatic carbocycles. The van der Waals surface area contributed by atoms with Crippen molar-refractivity contribution in [3.8, 4) is 0 Å². The quantitative estimate of drug-likeness (QED) is 0.765. The molecule has 1 aromatic carbocycles. The molecule has 1 rings (SSSR count). The third-order valence-electron chi connectivity index (χ3n) is 2.59. The van der Waals surface area contributed by atoms with E-state index in [1.807, 2.05) is 37.4 Å². The number of carbonyl (C=O) groups excluding carboxylic acids is 1. The van der Waals surface area contributed by atoms with Crippen molar-refractivity contribution in [1.82, 2.24) is 5.32 Å². The summed E-state index contributed by atoms with van der Waals surface area (Å²) < 4.78 is 0. The summed E-state index contributed by atoms with van der Waals surface area (Å²) in [6.07, 6.45) is 2.94. The summed E-state index contributed by atoms with van der Waals surface area (Å²) in [7, 11) is 0. The topological polar surface area (TPSA) is 49.3 Å². The molecule has 0 heterocycles. The second-order valence-electron chi connectivity index (χ2n) is 3.81. The van der Waals surface area contributed by atoms with E-state index in [2.05, 4.69) is 5.32 Å². The third kappa shape index (κ3) is 4.40. The van der Waals surface area contributed by atoms with Crippen LogP contribution in [0.3, 0.4) is 0 Å². The molecule has 17 heavy (non-hydrogen) atoms. The fourth-order valence-corrected chi connectivity index (χ4v) is 2.08. The Morgan fingerprint density at radius 1 is 1.47 bits per heavy atom. The zero-order valence-electron chi connectivity index (χ0n) is 10.3. The van der Waals surface area contributed by atoms with Crippen molar-refractivity contribution in [2.75, 3.05) is 12.8 Å². The van der Waals surface area contributed by atoms with Crippen LogP contribution in [0.5, 0.6) is 0 Å². The lowest BCUT2D eigenvalue weighted by Crippen LogP contribution is -2.27. The molecule has 0 saturated heterocycles. The molecule has 2 N–H and O–H groups in total. The lowest BCUT2D eigenvalue weighted by molar-refractivity contribution is 0.0939. The van der Waals surface area contributed by atoms with Gasteiger partial charge in [-0.25, -0.2) is 0 Å². The molecule has 4 heteroatoms. The fraction of sp³-hybridized carbons (Fsp3) is 0.462. The Hall–Kier alpha value is -1.00. The van der Waals surface area contributed by atoms with Crippen LogP contribution in [0.25, 0.3) is 0 Å². The molecule has 0 radical (unpaired) electrons. The molecule has 1 amide bonds. The van der Waals surface area contributed by atoms with E-state index in [9.17, 15) is 9.90 Å². The molecule has 0 aliphatic heterocycles. The molecule has 1 aromatic rings. The van der Waals surface area contributed by atoms with Gasteiger partial charge in [0.05, 0.1) is 11.7 Å². The number of thioether (sulfide) groups is 1. The number of hydrogen-bond donors (Lipinski definition) is 2. The summed E-state index contributed by atoms with van der Waals surface area (Å²) >= 11 is 1.56. The van der Waals surface area contributed by atoms with E-state index in [1.165, 1.54) is 0 Å². The second-order valence-corrected chi connectivity index (χ2v) is 4.66. The monoisotopic (exact) mass is 253 g/mol. The first kappa shape index (κ1) is 14.1. The Morgan fingerprint density at radius 3 is 2.82 bits per heavy atom. The number of aliphatic hydroxyl groups excluding tert-OH is 1. The molecule has 1 atom stereocenters. The maximum absolute atomic E-state index is 11.9. The van der Waals surface area contributed by atoms with Crippen LogP contribution in [0.4, 0.5) is 0 Å². The molecule has 0 bridgehead atoms. The van der Waals surface area contributed by atoms with E-state index in [4.69, 9.17) is 0 Å². The maximum atomic E-state index is 11.9. The molecule has 3 nitrogen and oxygen atoms in total. The first-order valence-corrected chi connectivity index (χ1v) is 7.00. The van der Waals surface area contributed by atoms with Gasteiger partial charge in [0.2, 0.25) is 0 Å². The number of benzene rings is 1. The molecular weight excluding hydrogens is 234 g/mol. The Morgan fingerprint density at radius 2 is 2.18 bits per heavy atom. The summed E-state index contributed by atoms with van der Waals surface area (Å²) in [5.74, 6) is -0.0711. The van der Waals surface area contributed by atoms with Gasteiger partial charge in [-0.3, -0.25) is 4.79 Å². The van der Waals surface area contributed by atoms with Gasteiger partial charge in [-0.2, -0.15) is 0 Å². The highest BCUT2D eigenvalue weighted by molar-refractivity contribution is 7.98. The summed E-state index contributed by atoms with van der Waals surface area (Å²) in [5.41, 5.74) is 0.700. The number of rotatable bonds is 6. The van der Waals surface area contributed by atoms with Gasteiger partial charge in [-0.1, -0.05) is 19.1 Å². The lowest BCUT2D eigenvalue weighted by atomic mass is 10.2. The first-order chi connectivity index (χ1) is 8.19. The summed E-state index contributed by atoms with van der Waals surface area (Å²) in [6, 6.07) is 7.52. The molecule has 0 aromatic heterocycles. The predicted octanol–water partition coefficient (Wildman–Crippen LogP) is 2.30. The van der Waals surface area contributed by atoms with E-state index < -0.39 is 0 Å². The smallest absolute Gasteiger partial charge is 0.252 e. The molecule has 0 fully saturated rings. The highest BCUT2D eigenvalue weighted by atomic mass is 32.2. The van der Waals surface area contributed by atoms with Gasteiger partial charge in [0.15, 0.2) is 0 Å². The standard InChI is InChI=1S/C13H19NO2S/c1-3-10(15)8-9-14-13(16)11-6-4-5-7-12(11)17-2/h4-7,10,15H,3,8-9H2,1-2H3,(H,14,16). The van der Waals surface area contributed by atoms with E-state index >= 15 is 0 Å². The average Bonchev–Trinajstić information content (AvgIpc) is 2.38. The van der Waals surface area contributed by atoms with Crippen LogP contribution >= 0.6 is 11.8 Å². The average molecular weight is 253 g/mol. The fourth-order valence-electron chi connectivity index (χ4n) is 1.48. The zero-order chi connectivity index (χ0) is 12.7. The van der Waals surface area contributed by atoms with Crippen LogP contribution in [0.2, 0.25) is 0 Å². The van der Waals surface area contributed by atoms with Gasteiger partial charge in [0.1, 0.15) is 0 Å². The molecule has 0 spiro atoms. The molecule has 94 valence electrons. The minimum Gasteiger partial charge on any atom is -0.393 e. The highest BCUT2D eigenvalue weighted by Gasteiger charge is 2.10. The summed E-state index contributed by atoms with van der Waals surface area (Å²) in [5, 5.41) is 12.2. The predicted molar refractivity (Wildman–Crippen MR) is 71.5 cm³/mol. The van der Waals surface area contributed by atoms with Gasteiger partial charge in [0, 0.05) is 11.4 Å². The Kier molecular flexibility index (Phi) is 6.08. The van der Waals surface area contributed by atoms with E-state index in [0.29, 0.717) is 18.5 Å². The van der Waals surface area contributed by atoms with E-state index in [1.54, 1.807) is 11.8 Å².